The molecule has 1 aromatic rings. The molecule has 0 N–H and O–H groups in total. The van der Waals surface area contributed by atoms with Gasteiger partial charge in [0, 0.05) is 23.7 Å². The molecule has 0 amide bonds. The number of hydrogen-bond acceptors (Lipinski definition) is 4. The van der Waals surface area contributed by atoms with Crippen LogP contribution in [-0.2, 0) is 24.9 Å². The summed E-state index contributed by atoms with van der Waals surface area (Å²) in [5, 5.41) is 0. The molecule has 4 nitrogen and oxygen atoms in total. The number of hydrogen-bond donors (Lipinski definition) is 0. The first-order valence-corrected chi connectivity index (χ1v) is 7.72. The van der Waals surface area contributed by atoms with Crippen LogP contribution < -0.4 is 0 Å². The fourth-order valence-corrected chi connectivity index (χ4v) is 2.96. The third-order valence-electron chi connectivity index (χ3n) is 4.17. The fourth-order valence-electron chi connectivity index (χ4n) is 2.96. The molecule has 118 valence electrons. The van der Waals surface area contributed by atoms with Crippen molar-refractivity contribution in [2.24, 2.45) is 5.41 Å². The maximum atomic E-state index is 5.94. The second-order valence-electron chi connectivity index (χ2n) is 5.98. The Kier molecular flexibility index (Phi) is 4.51. The van der Waals surface area contributed by atoms with E-state index in [-0.39, 0.29) is 5.41 Å². The summed E-state index contributed by atoms with van der Waals surface area (Å²) in [6, 6.07) is 7.81. The van der Waals surface area contributed by atoms with Crippen molar-refractivity contribution in [3.8, 4) is 11.8 Å². The van der Waals surface area contributed by atoms with Gasteiger partial charge in [-0.2, -0.15) is 0 Å². The monoisotopic (exact) mass is 302 g/mol. The summed E-state index contributed by atoms with van der Waals surface area (Å²) in [6.45, 7) is 4.68. The Balaban J connectivity index is 1.72. The van der Waals surface area contributed by atoms with Crippen LogP contribution in [-0.4, -0.2) is 33.5 Å². The van der Waals surface area contributed by atoms with Gasteiger partial charge in [0.1, 0.15) is 6.61 Å². The molecule has 0 aliphatic carbocycles. The SMILES string of the molecule is CCCC12COC(c3ccc(C#CCOC)cc3)(OC1)OC2. The zero-order chi connectivity index (χ0) is 15.5. The third kappa shape index (κ3) is 2.90. The number of fused-ring (bicyclic) bond motifs is 3. The number of ether oxygens (including phenoxy) is 4. The summed E-state index contributed by atoms with van der Waals surface area (Å²) in [5.41, 5.74) is 1.85. The zero-order valence-corrected chi connectivity index (χ0v) is 13.2. The minimum atomic E-state index is -1.03. The van der Waals surface area contributed by atoms with Crippen LogP contribution in [0.4, 0.5) is 0 Å². The Hall–Kier alpha value is -1.38. The van der Waals surface area contributed by atoms with Gasteiger partial charge in [-0.25, -0.2) is 0 Å². The molecule has 4 heteroatoms. The van der Waals surface area contributed by atoms with E-state index in [0.29, 0.717) is 26.4 Å². The maximum absolute atomic E-state index is 5.94. The van der Waals surface area contributed by atoms with Crippen molar-refractivity contribution in [3.63, 3.8) is 0 Å². The van der Waals surface area contributed by atoms with Crippen LogP contribution in [0.2, 0.25) is 0 Å². The standard InChI is InChI=1S/C18H22O4/c1-3-10-17-12-20-18(21-13-17,22-14-17)16-8-6-15(7-9-16)5-4-11-19-2/h6-9H,3,10-14H2,1-2H3. The molecule has 1 aromatic carbocycles. The van der Waals surface area contributed by atoms with Crippen LogP contribution in [0.5, 0.6) is 0 Å². The van der Waals surface area contributed by atoms with Crippen molar-refractivity contribution in [2.75, 3.05) is 33.5 Å². The molecule has 0 atom stereocenters. The van der Waals surface area contributed by atoms with E-state index in [2.05, 4.69) is 18.8 Å². The second kappa shape index (κ2) is 6.39. The first-order chi connectivity index (χ1) is 10.7. The summed E-state index contributed by atoms with van der Waals surface area (Å²) >= 11 is 0. The van der Waals surface area contributed by atoms with E-state index < -0.39 is 5.97 Å². The van der Waals surface area contributed by atoms with Gasteiger partial charge in [0.25, 0.3) is 0 Å². The molecule has 3 saturated heterocycles. The molecule has 3 heterocycles. The Morgan fingerprint density at radius 3 is 2.27 bits per heavy atom. The number of rotatable bonds is 4. The average Bonchev–Trinajstić information content (AvgIpc) is 2.57. The highest BCUT2D eigenvalue weighted by molar-refractivity contribution is 5.37. The molecule has 0 unspecified atom stereocenters. The molecule has 0 radical (unpaired) electrons. The lowest BCUT2D eigenvalue weighted by atomic mass is 9.83. The largest absolute Gasteiger partial charge is 0.372 e. The van der Waals surface area contributed by atoms with Crippen molar-refractivity contribution in [3.05, 3.63) is 35.4 Å². The molecule has 3 aliphatic heterocycles. The van der Waals surface area contributed by atoms with Gasteiger partial charge in [-0.05, 0) is 30.7 Å². The number of benzene rings is 1. The highest BCUT2D eigenvalue weighted by Crippen LogP contribution is 2.46. The average molecular weight is 302 g/mol. The van der Waals surface area contributed by atoms with Crippen LogP contribution in [0, 0.1) is 17.3 Å². The minimum absolute atomic E-state index is 0.0298. The molecule has 2 bridgehead atoms. The summed E-state index contributed by atoms with van der Waals surface area (Å²) in [6.07, 6.45) is 2.18. The third-order valence-corrected chi connectivity index (χ3v) is 4.17. The lowest BCUT2D eigenvalue weighted by Crippen LogP contribution is -2.58. The molecule has 4 rings (SSSR count). The summed E-state index contributed by atoms with van der Waals surface area (Å²) in [4.78, 5) is 0. The molecule has 3 aliphatic rings. The van der Waals surface area contributed by atoms with Crippen molar-refractivity contribution < 1.29 is 18.9 Å². The van der Waals surface area contributed by atoms with E-state index in [1.54, 1.807) is 7.11 Å². The van der Waals surface area contributed by atoms with Crippen molar-refractivity contribution in [2.45, 2.75) is 25.7 Å². The quantitative estimate of drug-likeness (QED) is 0.801. The second-order valence-corrected chi connectivity index (χ2v) is 5.98. The van der Waals surface area contributed by atoms with Crippen LogP contribution in [0.25, 0.3) is 0 Å². The molecule has 3 fully saturated rings. The van der Waals surface area contributed by atoms with Crippen LogP contribution in [0.15, 0.2) is 24.3 Å². The van der Waals surface area contributed by atoms with Crippen molar-refractivity contribution in [1.82, 2.24) is 0 Å². The molecule has 0 spiro atoms. The zero-order valence-electron chi connectivity index (χ0n) is 13.2. The van der Waals surface area contributed by atoms with Crippen molar-refractivity contribution >= 4 is 0 Å². The smallest absolute Gasteiger partial charge is 0.312 e. The molecular formula is C18H22O4. The van der Waals surface area contributed by atoms with Gasteiger partial charge in [0.15, 0.2) is 0 Å². The van der Waals surface area contributed by atoms with Gasteiger partial charge in [-0.3, -0.25) is 0 Å². The number of methoxy groups -OCH3 is 1. The van der Waals surface area contributed by atoms with Gasteiger partial charge >= 0.3 is 5.97 Å². The molecule has 22 heavy (non-hydrogen) atoms. The van der Waals surface area contributed by atoms with Crippen LogP contribution in [0.1, 0.15) is 30.9 Å². The molecule has 0 aromatic heterocycles. The van der Waals surface area contributed by atoms with Crippen LogP contribution >= 0.6 is 0 Å². The topological polar surface area (TPSA) is 36.9 Å². The van der Waals surface area contributed by atoms with E-state index in [9.17, 15) is 0 Å². The normalized spacial score (nSPS) is 29.9. The van der Waals surface area contributed by atoms with E-state index in [1.807, 2.05) is 24.3 Å². The Morgan fingerprint density at radius 1 is 1.09 bits per heavy atom. The molecule has 0 saturated carbocycles. The first kappa shape index (κ1) is 15.5. The highest BCUT2D eigenvalue weighted by Gasteiger charge is 2.53. The van der Waals surface area contributed by atoms with Gasteiger partial charge in [0.2, 0.25) is 0 Å². The highest BCUT2D eigenvalue weighted by atomic mass is 16.9. The van der Waals surface area contributed by atoms with E-state index in [4.69, 9.17) is 18.9 Å². The fraction of sp³-hybridized carbons (Fsp3) is 0.556. The first-order valence-electron chi connectivity index (χ1n) is 7.72. The van der Waals surface area contributed by atoms with Crippen LogP contribution in [0.3, 0.4) is 0 Å². The lowest BCUT2D eigenvalue weighted by Gasteiger charge is -2.51. The van der Waals surface area contributed by atoms with Crippen molar-refractivity contribution in [1.29, 1.82) is 0 Å². The predicted octanol–water partition coefficient (Wildman–Crippen LogP) is 2.66. The van der Waals surface area contributed by atoms with E-state index in [0.717, 1.165) is 24.0 Å². The van der Waals surface area contributed by atoms with Gasteiger partial charge in [-0.15, -0.1) is 0 Å². The Bertz CT molecular complexity index is 542. The maximum Gasteiger partial charge on any atom is 0.312 e. The predicted molar refractivity (Wildman–Crippen MR) is 82.1 cm³/mol. The summed E-state index contributed by atoms with van der Waals surface area (Å²) in [5.74, 6) is 4.94. The van der Waals surface area contributed by atoms with E-state index in [1.165, 1.54) is 0 Å². The minimum Gasteiger partial charge on any atom is -0.372 e. The summed E-state index contributed by atoms with van der Waals surface area (Å²) < 4.78 is 22.8. The van der Waals surface area contributed by atoms with Gasteiger partial charge < -0.3 is 18.9 Å². The van der Waals surface area contributed by atoms with Gasteiger partial charge in [-0.1, -0.05) is 25.2 Å². The molecular weight excluding hydrogens is 280 g/mol. The Morgan fingerprint density at radius 2 is 1.73 bits per heavy atom. The summed E-state index contributed by atoms with van der Waals surface area (Å²) in [7, 11) is 1.63. The lowest BCUT2D eigenvalue weighted by molar-refractivity contribution is -0.480. The van der Waals surface area contributed by atoms with E-state index >= 15 is 0 Å². The Labute approximate surface area is 131 Å². The van der Waals surface area contributed by atoms with Gasteiger partial charge in [0.05, 0.1) is 19.8 Å².